The van der Waals surface area contributed by atoms with Gasteiger partial charge in [-0.25, -0.2) is 13.1 Å². The molecule has 0 bridgehead atoms. The van der Waals surface area contributed by atoms with Crippen molar-refractivity contribution in [2.24, 2.45) is 0 Å². The van der Waals surface area contributed by atoms with Gasteiger partial charge < -0.3 is 13.7 Å². The van der Waals surface area contributed by atoms with E-state index < -0.39 is 10.0 Å². The number of hydrogen-bond acceptors (Lipinski definition) is 5. The monoisotopic (exact) mass is 400 g/mol. The highest BCUT2D eigenvalue weighted by atomic mass is 32.2. The largest absolute Gasteiger partial charge is 0.467 e. The van der Waals surface area contributed by atoms with Crippen LogP contribution in [0.15, 0.2) is 80.9 Å². The van der Waals surface area contributed by atoms with E-state index in [0.717, 1.165) is 0 Å². The third-order valence-corrected chi connectivity index (χ3v) is 5.47. The number of carbonyl (C=O) groups is 1. The first-order valence-corrected chi connectivity index (χ1v) is 10.0. The Balaban J connectivity index is 1.73. The van der Waals surface area contributed by atoms with Crippen LogP contribution < -0.4 is 4.72 Å². The van der Waals surface area contributed by atoms with Gasteiger partial charge in [-0.2, -0.15) is 0 Å². The maximum atomic E-state index is 12.7. The Morgan fingerprint density at radius 2 is 1.57 bits per heavy atom. The zero-order valence-electron chi connectivity index (χ0n) is 15.2. The number of nitrogens with one attached hydrogen (secondary N) is 1. The summed E-state index contributed by atoms with van der Waals surface area (Å²) in [5.41, 5.74) is 0.708. The van der Waals surface area contributed by atoms with Crippen molar-refractivity contribution < 1.29 is 22.0 Å². The van der Waals surface area contributed by atoms with E-state index in [9.17, 15) is 13.2 Å². The second-order valence-electron chi connectivity index (χ2n) is 5.96. The molecule has 146 valence electrons. The minimum atomic E-state index is -3.49. The Hall–Kier alpha value is -3.10. The fraction of sp³-hybridized carbons (Fsp3) is 0.150. The van der Waals surface area contributed by atoms with Crippen molar-refractivity contribution in [3.8, 4) is 0 Å². The highest BCUT2D eigenvalue weighted by Gasteiger charge is 2.15. The van der Waals surface area contributed by atoms with E-state index in [2.05, 4.69) is 4.72 Å². The molecule has 3 aromatic rings. The number of carbonyl (C=O) groups excluding carboxylic acids is 1. The van der Waals surface area contributed by atoms with Crippen molar-refractivity contribution in [2.75, 3.05) is 7.05 Å². The number of rotatable bonds is 8. The van der Waals surface area contributed by atoms with Gasteiger partial charge >= 0.3 is 0 Å². The van der Waals surface area contributed by atoms with Crippen molar-refractivity contribution in [3.05, 3.63) is 84.2 Å². The average molecular weight is 400 g/mol. The lowest BCUT2D eigenvalue weighted by Gasteiger charge is -2.18. The van der Waals surface area contributed by atoms with Crippen molar-refractivity contribution in [1.82, 2.24) is 9.62 Å². The zero-order valence-corrected chi connectivity index (χ0v) is 16.1. The summed E-state index contributed by atoms with van der Waals surface area (Å²) in [6.07, 6.45) is 6.19. The first-order valence-electron chi connectivity index (χ1n) is 8.53. The molecule has 1 amide bonds. The lowest BCUT2D eigenvalue weighted by Crippen LogP contribution is -2.28. The van der Waals surface area contributed by atoms with Crippen LogP contribution in [0.4, 0.5) is 0 Å². The number of amides is 1. The summed E-state index contributed by atoms with van der Waals surface area (Å²) >= 11 is 0. The Morgan fingerprint density at radius 3 is 2.04 bits per heavy atom. The van der Waals surface area contributed by atoms with Gasteiger partial charge in [0.15, 0.2) is 0 Å². The Kier molecular flexibility index (Phi) is 6.13. The molecule has 2 heterocycles. The summed E-state index contributed by atoms with van der Waals surface area (Å²) in [5.74, 6) is 1.10. The minimum Gasteiger partial charge on any atom is -0.467 e. The molecule has 0 atom stereocenters. The number of hydrogen-bond donors (Lipinski definition) is 1. The van der Waals surface area contributed by atoms with Crippen LogP contribution in [0.3, 0.4) is 0 Å². The van der Waals surface area contributed by atoms with Crippen LogP contribution in [0, 0.1) is 0 Å². The molecular weight excluding hydrogens is 380 g/mol. The lowest BCUT2D eigenvalue weighted by molar-refractivity contribution is -0.127. The highest BCUT2D eigenvalue weighted by molar-refractivity contribution is 7.89. The smallest absolute Gasteiger partial charge is 0.247 e. The summed E-state index contributed by atoms with van der Waals surface area (Å²) in [7, 11) is -2.13. The van der Waals surface area contributed by atoms with Crippen LogP contribution in [-0.2, 0) is 27.9 Å². The van der Waals surface area contributed by atoms with Gasteiger partial charge in [0.2, 0.25) is 15.9 Å². The van der Waals surface area contributed by atoms with Gasteiger partial charge in [-0.1, -0.05) is 12.1 Å². The van der Waals surface area contributed by atoms with Gasteiger partial charge in [-0.3, -0.25) is 4.79 Å². The van der Waals surface area contributed by atoms with Gasteiger partial charge in [-0.05, 0) is 55.1 Å². The Labute approximate surface area is 163 Å². The van der Waals surface area contributed by atoms with Gasteiger partial charge in [0.1, 0.15) is 11.5 Å². The van der Waals surface area contributed by atoms with E-state index in [1.165, 1.54) is 25.3 Å². The van der Waals surface area contributed by atoms with E-state index in [4.69, 9.17) is 8.83 Å². The number of sulfonamides is 1. The van der Waals surface area contributed by atoms with Crippen molar-refractivity contribution in [3.63, 3.8) is 0 Å². The predicted molar refractivity (Wildman–Crippen MR) is 103 cm³/mol. The van der Waals surface area contributed by atoms with Crippen molar-refractivity contribution >= 4 is 22.0 Å². The van der Waals surface area contributed by atoms with E-state index in [1.807, 2.05) is 0 Å². The van der Waals surface area contributed by atoms with Crippen molar-refractivity contribution in [2.45, 2.75) is 18.0 Å². The number of nitrogens with zero attached hydrogens (tertiary/aromatic N) is 1. The molecule has 0 unspecified atom stereocenters. The second-order valence-corrected chi connectivity index (χ2v) is 7.85. The minimum absolute atomic E-state index is 0.163. The SMILES string of the molecule is CNS(=O)(=O)c1ccc(/C=C/C(=O)N(Cc2ccco2)Cc2ccco2)cc1. The third kappa shape index (κ3) is 4.99. The molecule has 0 fully saturated rings. The van der Waals surface area contributed by atoms with Crippen LogP contribution in [0.2, 0.25) is 0 Å². The zero-order chi connectivity index (χ0) is 20.0. The number of benzene rings is 1. The van der Waals surface area contributed by atoms with Crippen LogP contribution in [0.25, 0.3) is 6.08 Å². The molecule has 28 heavy (non-hydrogen) atoms. The third-order valence-electron chi connectivity index (χ3n) is 4.04. The molecule has 0 radical (unpaired) electrons. The van der Waals surface area contributed by atoms with Crippen LogP contribution in [-0.4, -0.2) is 26.3 Å². The van der Waals surface area contributed by atoms with Gasteiger partial charge in [-0.15, -0.1) is 0 Å². The molecule has 0 aliphatic heterocycles. The lowest BCUT2D eigenvalue weighted by atomic mass is 10.2. The van der Waals surface area contributed by atoms with Gasteiger partial charge in [0.05, 0.1) is 30.5 Å². The van der Waals surface area contributed by atoms with E-state index >= 15 is 0 Å². The van der Waals surface area contributed by atoms with Crippen LogP contribution >= 0.6 is 0 Å². The molecule has 0 saturated carbocycles. The highest BCUT2D eigenvalue weighted by Crippen LogP contribution is 2.14. The maximum Gasteiger partial charge on any atom is 0.247 e. The molecule has 1 aromatic carbocycles. The molecule has 0 aliphatic carbocycles. The normalized spacial score (nSPS) is 11.8. The van der Waals surface area contributed by atoms with Crippen molar-refractivity contribution in [1.29, 1.82) is 0 Å². The molecule has 0 saturated heterocycles. The summed E-state index contributed by atoms with van der Waals surface area (Å²) < 4.78 is 36.5. The summed E-state index contributed by atoms with van der Waals surface area (Å²) in [4.78, 5) is 14.4. The summed E-state index contributed by atoms with van der Waals surface area (Å²) in [6, 6.07) is 13.4. The molecular formula is C20H20N2O5S. The fourth-order valence-electron chi connectivity index (χ4n) is 2.54. The predicted octanol–water partition coefficient (Wildman–Crippen LogP) is 3.02. The summed E-state index contributed by atoms with van der Waals surface area (Å²) in [5, 5.41) is 0. The fourth-order valence-corrected chi connectivity index (χ4v) is 3.27. The second kappa shape index (κ2) is 8.73. The molecule has 0 spiro atoms. The molecule has 1 N–H and O–H groups in total. The molecule has 2 aromatic heterocycles. The first-order chi connectivity index (χ1) is 13.5. The van der Waals surface area contributed by atoms with Gasteiger partial charge in [0.25, 0.3) is 0 Å². The molecule has 0 aliphatic rings. The van der Waals surface area contributed by atoms with Crippen LogP contribution in [0.5, 0.6) is 0 Å². The standard InChI is InChI=1S/C20H20N2O5S/c1-21-28(24,25)19-9-6-16(7-10-19)8-11-20(23)22(14-17-4-2-12-26-17)15-18-5-3-13-27-18/h2-13,21H,14-15H2,1H3/b11-8+. The molecule has 3 rings (SSSR count). The molecule has 8 heteroatoms. The molecule has 7 nitrogen and oxygen atoms in total. The van der Waals surface area contributed by atoms with Gasteiger partial charge in [0, 0.05) is 6.08 Å². The van der Waals surface area contributed by atoms with E-state index in [-0.39, 0.29) is 10.8 Å². The van der Waals surface area contributed by atoms with Crippen LogP contribution in [0.1, 0.15) is 17.1 Å². The topological polar surface area (TPSA) is 92.8 Å². The number of furan rings is 2. The van der Waals surface area contributed by atoms with E-state index in [1.54, 1.807) is 59.9 Å². The first kappa shape index (κ1) is 19.7. The Bertz CT molecular complexity index is 985. The summed E-state index contributed by atoms with van der Waals surface area (Å²) in [6.45, 7) is 0.604. The quantitative estimate of drug-likeness (QED) is 0.587. The maximum absolute atomic E-state index is 12.7. The van der Waals surface area contributed by atoms with E-state index in [0.29, 0.717) is 30.2 Å². The Morgan fingerprint density at radius 1 is 1.00 bits per heavy atom. The average Bonchev–Trinajstić information content (AvgIpc) is 3.40.